The largest absolute Gasteiger partial charge is 0.489 e. The maximum Gasteiger partial charge on any atom is 0.254 e. The molecule has 0 bridgehead atoms. The summed E-state index contributed by atoms with van der Waals surface area (Å²) in [5, 5.41) is 0. The zero-order valence-electron chi connectivity index (χ0n) is 16.7. The molecule has 1 aliphatic carbocycles. The summed E-state index contributed by atoms with van der Waals surface area (Å²) in [6.07, 6.45) is 3.57. The number of hydrogen-bond donors (Lipinski definition) is 1. The zero-order valence-corrected chi connectivity index (χ0v) is 18.3. The van der Waals surface area contributed by atoms with Crippen molar-refractivity contribution >= 4 is 27.7 Å². The van der Waals surface area contributed by atoms with Crippen LogP contribution in [0.1, 0.15) is 35.3 Å². The maximum absolute atomic E-state index is 14.8. The first-order chi connectivity index (χ1) is 14.9. The van der Waals surface area contributed by atoms with E-state index in [-0.39, 0.29) is 42.8 Å². The number of nitrogens with two attached hydrogens (primary N) is 1. The number of amides is 2. The predicted octanol–water partition coefficient (Wildman–Crippen LogP) is 2.44. The molecule has 2 unspecified atom stereocenters. The van der Waals surface area contributed by atoms with Gasteiger partial charge >= 0.3 is 0 Å². The lowest BCUT2D eigenvalue weighted by atomic mass is 10.0. The van der Waals surface area contributed by atoms with Crippen LogP contribution in [-0.4, -0.2) is 58.2 Å². The fraction of sp³-hybridized carbons (Fsp3) is 0.429. The van der Waals surface area contributed by atoms with Crippen LogP contribution in [0.15, 0.2) is 35.1 Å². The van der Waals surface area contributed by atoms with Crippen molar-refractivity contribution in [3.8, 4) is 11.6 Å². The van der Waals surface area contributed by atoms with Gasteiger partial charge in [0.15, 0.2) is 6.17 Å². The van der Waals surface area contributed by atoms with Crippen molar-refractivity contribution in [2.75, 3.05) is 13.1 Å². The lowest BCUT2D eigenvalue weighted by Crippen LogP contribution is -2.49. The number of nitrogens with zero attached hydrogens (tertiary/aromatic N) is 3. The summed E-state index contributed by atoms with van der Waals surface area (Å²) in [7, 11) is 0. The van der Waals surface area contributed by atoms with Crippen LogP contribution in [0.2, 0.25) is 0 Å². The number of alkyl halides is 1. The third kappa shape index (κ3) is 5.49. The zero-order chi connectivity index (χ0) is 22.0. The van der Waals surface area contributed by atoms with Crippen LogP contribution in [0.5, 0.6) is 11.6 Å². The Morgan fingerprint density at radius 2 is 2.00 bits per heavy atom. The summed E-state index contributed by atoms with van der Waals surface area (Å²) in [6, 6.07) is 5.03. The molecule has 3 heterocycles. The number of halogens is 2. The molecule has 1 saturated heterocycles. The number of piperidine rings is 1. The standard InChI is InChI=1S/C21H22BrFN4O4/c22-12-7-16(20(24)29)21(26-9-12)31-18-5-6-27(11-17(18)23)19(28)8-13-1-2-15(10-25-13)30-14-3-4-14/h1-2,7,9-10,14,17-18H,3-6,8,11H2,(H2,24,29). The Bertz CT molecular complexity index is 970. The monoisotopic (exact) mass is 492 g/mol. The van der Waals surface area contributed by atoms with Crippen molar-refractivity contribution in [1.82, 2.24) is 14.9 Å². The number of pyridine rings is 2. The molecule has 2 aromatic heterocycles. The number of hydrogen-bond acceptors (Lipinski definition) is 6. The van der Waals surface area contributed by atoms with Gasteiger partial charge in [0.2, 0.25) is 11.8 Å². The molecule has 10 heteroatoms. The molecule has 2 aromatic rings. The average Bonchev–Trinajstić information content (AvgIpc) is 3.56. The Morgan fingerprint density at radius 1 is 1.19 bits per heavy atom. The van der Waals surface area contributed by atoms with E-state index in [0.717, 1.165) is 12.8 Å². The van der Waals surface area contributed by atoms with Gasteiger partial charge < -0.3 is 20.1 Å². The van der Waals surface area contributed by atoms with Crippen molar-refractivity contribution in [2.45, 2.75) is 44.1 Å². The number of aromatic nitrogens is 2. The lowest BCUT2D eigenvalue weighted by molar-refractivity contribution is -0.134. The molecule has 2 amide bonds. The van der Waals surface area contributed by atoms with Crippen LogP contribution in [0.25, 0.3) is 0 Å². The normalized spacial score (nSPS) is 20.9. The first-order valence-corrected chi connectivity index (χ1v) is 10.8. The molecular formula is C21H22BrFN4O4. The number of primary amides is 1. The quantitative estimate of drug-likeness (QED) is 0.635. The third-order valence-corrected chi connectivity index (χ3v) is 5.57. The second-order valence-electron chi connectivity index (χ2n) is 7.65. The molecule has 8 nitrogen and oxygen atoms in total. The topological polar surface area (TPSA) is 108 Å². The van der Waals surface area contributed by atoms with Gasteiger partial charge in [0.25, 0.3) is 5.91 Å². The fourth-order valence-corrected chi connectivity index (χ4v) is 3.64. The average molecular weight is 493 g/mol. The van der Waals surface area contributed by atoms with Crippen molar-refractivity contribution < 1.29 is 23.5 Å². The van der Waals surface area contributed by atoms with Crippen LogP contribution >= 0.6 is 15.9 Å². The van der Waals surface area contributed by atoms with Gasteiger partial charge in [0, 0.05) is 29.3 Å². The van der Waals surface area contributed by atoms with E-state index in [1.165, 1.54) is 17.2 Å². The van der Waals surface area contributed by atoms with Crippen LogP contribution in [0, 0.1) is 0 Å². The number of ether oxygens (including phenoxy) is 2. The van der Waals surface area contributed by atoms with Gasteiger partial charge in [-0.3, -0.25) is 14.6 Å². The Balaban J connectivity index is 1.32. The number of rotatable bonds is 7. The summed E-state index contributed by atoms with van der Waals surface area (Å²) in [5.41, 5.74) is 6.03. The van der Waals surface area contributed by atoms with Crippen molar-refractivity contribution in [1.29, 1.82) is 0 Å². The minimum Gasteiger partial charge on any atom is -0.489 e. The summed E-state index contributed by atoms with van der Waals surface area (Å²) in [5.74, 6) is -0.241. The molecule has 4 rings (SSSR count). The SMILES string of the molecule is NC(=O)c1cc(Br)cnc1OC1CCN(C(=O)Cc2ccc(OC3CC3)cn2)CC1F. The van der Waals surface area contributed by atoms with E-state index < -0.39 is 18.2 Å². The Labute approximate surface area is 187 Å². The van der Waals surface area contributed by atoms with Crippen molar-refractivity contribution in [3.05, 3.63) is 46.3 Å². The lowest BCUT2D eigenvalue weighted by Gasteiger charge is -2.34. The van der Waals surface area contributed by atoms with Gasteiger partial charge in [-0.2, -0.15) is 0 Å². The summed E-state index contributed by atoms with van der Waals surface area (Å²) in [4.78, 5) is 34.0. The second kappa shape index (κ2) is 9.17. The molecule has 1 saturated carbocycles. The van der Waals surface area contributed by atoms with Crippen molar-refractivity contribution in [3.63, 3.8) is 0 Å². The van der Waals surface area contributed by atoms with E-state index in [2.05, 4.69) is 25.9 Å². The highest BCUT2D eigenvalue weighted by molar-refractivity contribution is 9.10. The molecule has 0 spiro atoms. The van der Waals surface area contributed by atoms with E-state index in [4.69, 9.17) is 15.2 Å². The minimum absolute atomic E-state index is 0.0131. The first-order valence-electron chi connectivity index (χ1n) is 10.0. The van der Waals surface area contributed by atoms with Gasteiger partial charge in [-0.15, -0.1) is 0 Å². The van der Waals surface area contributed by atoms with Crippen LogP contribution in [0.3, 0.4) is 0 Å². The van der Waals surface area contributed by atoms with Gasteiger partial charge in [-0.1, -0.05) is 0 Å². The highest BCUT2D eigenvalue weighted by atomic mass is 79.9. The predicted molar refractivity (Wildman–Crippen MR) is 113 cm³/mol. The van der Waals surface area contributed by atoms with E-state index >= 15 is 0 Å². The molecule has 1 aliphatic heterocycles. The molecule has 31 heavy (non-hydrogen) atoms. The van der Waals surface area contributed by atoms with Gasteiger partial charge in [0.05, 0.1) is 25.3 Å². The second-order valence-corrected chi connectivity index (χ2v) is 8.57. The smallest absolute Gasteiger partial charge is 0.254 e. The molecule has 0 radical (unpaired) electrons. The molecule has 2 fully saturated rings. The van der Waals surface area contributed by atoms with Crippen LogP contribution in [-0.2, 0) is 11.2 Å². The molecule has 2 atom stereocenters. The molecule has 0 aromatic carbocycles. The van der Waals surface area contributed by atoms with E-state index in [9.17, 15) is 14.0 Å². The van der Waals surface area contributed by atoms with Crippen molar-refractivity contribution in [2.24, 2.45) is 5.73 Å². The molecule has 2 N–H and O–H groups in total. The van der Waals surface area contributed by atoms with E-state index in [0.29, 0.717) is 22.5 Å². The maximum atomic E-state index is 14.8. The fourth-order valence-electron chi connectivity index (χ4n) is 3.31. The Morgan fingerprint density at radius 3 is 2.65 bits per heavy atom. The van der Waals surface area contributed by atoms with Crippen LogP contribution in [0.4, 0.5) is 4.39 Å². The van der Waals surface area contributed by atoms with E-state index in [1.54, 1.807) is 18.3 Å². The molecular weight excluding hydrogens is 471 g/mol. The van der Waals surface area contributed by atoms with Gasteiger partial charge in [0.1, 0.15) is 17.4 Å². The number of likely N-dealkylation sites (tertiary alicyclic amines) is 1. The summed E-state index contributed by atoms with van der Waals surface area (Å²) < 4.78 is 26.6. The summed E-state index contributed by atoms with van der Waals surface area (Å²) in [6.45, 7) is 0.226. The molecule has 164 valence electrons. The highest BCUT2D eigenvalue weighted by Gasteiger charge is 2.34. The number of carbonyl (C=O) groups is 2. The number of carbonyl (C=O) groups excluding carboxylic acids is 2. The van der Waals surface area contributed by atoms with E-state index in [1.807, 2.05) is 0 Å². The first kappa shape index (κ1) is 21.5. The Hall–Kier alpha value is -2.75. The molecule has 2 aliphatic rings. The van der Waals surface area contributed by atoms with Gasteiger partial charge in [-0.05, 0) is 47.0 Å². The van der Waals surface area contributed by atoms with Crippen LogP contribution < -0.4 is 15.2 Å². The highest BCUT2D eigenvalue weighted by Crippen LogP contribution is 2.27. The minimum atomic E-state index is -1.42. The Kier molecular flexibility index (Phi) is 6.35. The third-order valence-electron chi connectivity index (χ3n) is 5.14. The summed E-state index contributed by atoms with van der Waals surface area (Å²) >= 11 is 3.21. The van der Waals surface area contributed by atoms with Gasteiger partial charge in [-0.25, -0.2) is 9.37 Å².